The Morgan fingerprint density at radius 3 is 2.80 bits per heavy atom. The monoisotopic (exact) mass is 339 g/mol. The highest BCUT2D eigenvalue weighted by atomic mass is 16.1. The molecule has 0 saturated carbocycles. The SMILES string of the molecule is CCC[C@H](C)c1cc(NC(=O)Cc2ccc(-n3cnnn3)cc2)n[nH]1. The second-order valence-corrected chi connectivity index (χ2v) is 6.04. The predicted octanol–water partition coefficient (Wildman–Crippen LogP) is 2.47. The third kappa shape index (κ3) is 4.28. The lowest BCUT2D eigenvalue weighted by atomic mass is 10.0. The van der Waals surface area contributed by atoms with Crippen molar-refractivity contribution in [1.29, 1.82) is 0 Å². The van der Waals surface area contributed by atoms with Crippen molar-refractivity contribution in [2.75, 3.05) is 5.32 Å². The number of H-pyrrole nitrogens is 1. The molecule has 3 aromatic rings. The van der Waals surface area contributed by atoms with Gasteiger partial charge >= 0.3 is 0 Å². The minimum atomic E-state index is -0.101. The molecular weight excluding hydrogens is 318 g/mol. The van der Waals surface area contributed by atoms with Crippen molar-refractivity contribution < 1.29 is 4.79 Å². The number of anilines is 1. The highest BCUT2D eigenvalue weighted by Gasteiger charge is 2.11. The van der Waals surface area contributed by atoms with Gasteiger partial charge in [-0.1, -0.05) is 32.4 Å². The Hall–Kier alpha value is -3.03. The molecule has 0 aliphatic rings. The molecule has 2 heterocycles. The lowest BCUT2D eigenvalue weighted by Gasteiger charge is -2.05. The maximum Gasteiger partial charge on any atom is 0.229 e. The predicted molar refractivity (Wildman–Crippen MR) is 93.4 cm³/mol. The van der Waals surface area contributed by atoms with Crippen LogP contribution >= 0.6 is 0 Å². The first-order valence-corrected chi connectivity index (χ1v) is 8.33. The van der Waals surface area contributed by atoms with Gasteiger partial charge in [-0.25, -0.2) is 4.68 Å². The summed E-state index contributed by atoms with van der Waals surface area (Å²) in [5, 5.41) is 21.0. The van der Waals surface area contributed by atoms with Crippen molar-refractivity contribution in [3.05, 3.63) is 47.9 Å². The molecule has 2 N–H and O–H groups in total. The Kier molecular flexibility index (Phi) is 5.17. The van der Waals surface area contributed by atoms with Crippen LogP contribution in [0.15, 0.2) is 36.7 Å². The first-order chi connectivity index (χ1) is 12.2. The van der Waals surface area contributed by atoms with E-state index in [1.165, 1.54) is 6.33 Å². The zero-order valence-electron chi connectivity index (χ0n) is 14.3. The minimum Gasteiger partial charge on any atom is -0.309 e. The Morgan fingerprint density at radius 1 is 1.32 bits per heavy atom. The molecule has 1 amide bonds. The molecule has 25 heavy (non-hydrogen) atoms. The van der Waals surface area contributed by atoms with Crippen LogP contribution in [0.4, 0.5) is 5.82 Å². The molecule has 0 unspecified atom stereocenters. The van der Waals surface area contributed by atoms with E-state index in [-0.39, 0.29) is 12.3 Å². The van der Waals surface area contributed by atoms with E-state index in [9.17, 15) is 4.79 Å². The van der Waals surface area contributed by atoms with Crippen LogP contribution in [0.1, 0.15) is 43.9 Å². The standard InChI is InChI=1S/C17H21N7O/c1-3-4-12(2)15-10-16(21-20-15)19-17(25)9-13-5-7-14(8-6-13)24-11-18-22-23-24/h5-8,10-12H,3-4,9H2,1-2H3,(H2,19,20,21,25)/t12-/m0/s1. The van der Waals surface area contributed by atoms with Gasteiger partial charge in [0.05, 0.1) is 12.1 Å². The van der Waals surface area contributed by atoms with Crippen molar-refractivity contribution in [2.24, 2.45) is 0 Å². The van der Waals surface area contributed by atoms with Gasteiger partial charge in [0.2, 0.25) is 5.91 Å². The Bertz CT molecular complexity index is 808. The first kappa shape index (κ1) is 16.8. The van der Waals surface area contributed by atoms with E-state index in [2.05, 4.69) is 44.9 Å². The highest BCUT2D eigenvalue weighted by molar-refractivity contribution is 5.91. The van der Waals surface area contributed by atoms with Crippen molar-refractivity contribution in [2.45, 2.75) is 39.0 Å². The summed E-state index contributed by atoms with van der Waals surface area (Å²) < 4.78 is 1.56. The maximum atomic E-state index is 12.2. The molecule has 1 aromatic carbocycles. The first-order valence-electron chi connectivity index (χ1n) is 8.33. The number of aromatic nitrogens is 6. The van der Waals surface area contributed by atoms with E-state index in [4.69, 9.17) is 0 Å². The summed E-state index contributed by atoms with van der Waals surface area (Å²) in [6, 6.07) is 9.42. The average Bonchev–Trinajstić information content (AvgIpc) is 3.27. The molecule has 0 radical (unpaired) electrons. The quantitative estimate of drug-likeness (QED) is 0.688. The summed E-state index contributed by atoms with van der Waals surface area (Å²) in [6.07, 6.45) is 4.00. The van der Waals surface area contributed by atoms with Gasteiger partial charge in [0, 0.05) is 11.8 Å². The van der Waals surface area contributed by atoms with E-state index in [0.29, 0.717) is 11.7 Å². The molecule has 2 aromatic heterocycles. The molecule has 0 aliphatic carbocycles. The largest absolute Gasteiger partial charge is 0.309 e. The number of carbonyl (C=O) groups excluding carboxylic acids is 1. The van der Waals surface area contributed by atoms with E-state index in [1.54, 1.807) is 4.68 Å². The van der Waals surface area contributed by atoms with Crippen LogP contribution in [0.2, 0.25) is 0 Å². The van der Waals surface area contributed by atoms with Gasteiger partial charge < -0.3 is 5.32 Å². The number of aromatic amines is 1. The van der Waals surface area contributed by atoms with Gasteiger partial charge in [-0.05, 0) is 40.5 Å². The fourth-order valence-electron chi connectivity index (χ4n) is 2.66. The van der Waals surface area contributed by atoms with E-state index in [1.807, 2.05) is 30.3 Å². The number of tetrazole rings is 1. The topological polar surface area (TPSA) is 101 Å². The molecule has 8 heteroatoms. The van der Waals surface area contributed by atoms with Gasteiger partial charge in [0.15, 0.2) is 5.82 Å². The fourth-order valence-corrected chi connectivity index (χ4v) is 2.66. The number of benzene rings is 1. The van der Waals surface area contributed by atoms with Crippen LogP contribution < -0.4 is 5.32 Å². The van der Waals surface area contributed by atoms with E-state index < -0.39 is 0 Å². The van der Waals surface area contributed by atoms with Crippen LogP contribution in [-0.4, -0.2) is 36.3 Å². The van der Waals surface area contributed by atoms with Gasteiger partial charge in [-0.15, -0.1) is 5.10 Å². The number of nitrogens with one attached hydrogen (secondary N) is 2. The lowest BCUT2D eigenvalue weighted by Crippen LogP contribution is -2.14. The van der Waals surface area contributed by atoms with E-state index >= 15 is 0 Å². The molecule has 130 valence electrons. The number of hydrogen-bond acceptors (Lipinski definition) is 5. The lowest BCUT2D eigenvalue weighted by molar-refractivity contribution is -0.115. The number of nitrogens with zero attached hydrogens (tertiary/aromatic N) is 5. The fraction of sp³-hybridized carbons (Fsp3) is 0.353. The molecule has 0 bridgehead atoms. The minimum absolute atomic E-state index is 0.101. The second kappa shape index (κ2) is 7.69. The van der Waals surface area contributed by atoms with Crippen molar-refractivity contribution in [1.82, 2.24) is 30.4 Å². The van der Waals surface area contributed by atoms with Crippen LogP contribution in [-0.2, 0) is 11.2 Å². The Balaban J connectivity index is 1.57. The van der Waals surface area contributed by atoms with Crippen molar-refractivity contribution >= 4 is 11.7 Å². The summed E-state index contributed by atoms with van der Waals surface area (Å²) >= 11 is 0. The van der Waals surface area contributed by atoms with Crippen LogP contribution in [0, 0.1) is 0 Å². The molecule has 0 saturated heterocycles. The Labute approximate surface area is 145 Å². The summed E-state index contributed by atoms with van der Waals surface area (Å²) in [4.78, 5) is 12.2. The number of rotatable bonds is 7. The van der Waals surface area contributed by atoms with Crippen molar-refractivity contribution in [3.8, 4) is 5.69 Å². The highest BCUT2D eigenvalue weighted by Crippen LogP contribution is 2.20. The molecule has 1 atom stereocenters. The molecule has 8 nitrogen and oxygen atoms in total. The number of hydrogen-bond donors (Lipinski definition) is 2. The smallest absolute Gasteiger partial charge is 0.229 e. The molecule has 0 spiro atoms. The summed E-state index contributed by atoms with van der Waals surface area (Å²) in [5.74, 6) is 0.867. The van der Waals surface area contributed by atoms with Gasteiger partial charge in [0.25, 0.3) is 0 Å². The van der Waals surface area contributed by atoms with Crippen LogP contribution in [0.3, 0.4) is 0 Å². The zero-order valence-corrected chi connectivity index (χ0v) is 14.3. The third-order valence-electron chi connectivity index (χ3n) is 4.03. The Morgan fingerprint density at radius 2 is 2.12 bits per heavy atom. The number of carbonyl (C=O) groups is 1. The number of amides is 1. The van der Waals surface area contributed by atoms with Crippen LogP contribution in [0.5, 0.6) is 0 Å². The maximum absolute atomic E-state index is 12.2. The zero-order chi connectivity index (χ0) is 17.6. The second-order valence-electron chi connectivity index (χ2n) is 6.04. The van der Waals surface area contributed by atoms with Gasteiger partial charge in [-0.2, -0.15) is 5.10 Å². The normalized spacial score (nSPS) is 12.1. The molecule has 3 rings (SSSR count). The van der Waals surface area contributed by atoms with E-state index in [0.717, 1.165) is 29.8 Å². The molecule has 0 aliphatic heterocycles. The molecular formula is C17H21N7O. The third-order valence-corrected chi connectivity index (χ3v) is 4.03. The van der Waals surface area contributed by atoms with Crippen molar-refractivity contribution in [3.63, 3.8) is 0 Å². The average molecular weight is 339 g/mol. The molecule has 0 fully saturated rings. The van der Waals surface area contributed by atoms with Gasteiger partial charge in [0.1, 0.15) is 6.33 Å². The van der Waals surface area contributed by atoms with Gasteiger partial charge in [-0.3, -0.25) is 9.89 Å². The van der Waals surface area contributed by atoms with Crippen LogP contribution in [0.25, 0.3) is 5.69 Å². The summed E-state index contributed by atoms with van der Waals surface area (Å²) in [6.45, 7) is 4.30. The summed E-state index contributed by atoms with van der Waals surface area (Å²) in [5.41, 5.74) is 2.79. The summed E-state index contributed by atoms with van der Waals surface area (Å²) in [7, 11) is 0.